The molecule has 2 atom stereocenters. The van der Waals surface area contributed by atoms with Crippen molar-refractivity contribution in [1.82, 2.24) is 9.88 Å². The molecule has 7 nitrogen and oxygen atoms in total. The summed E-state index contributed by atoms with van der Waals surface area (Å²) >= 11 is 0. The molecule has 1 aliphatic carbocycles. The molecule has 2 amide bonds. The van der Waals surface area contributed by atoms with Gasteiger partial charge in [-0.15, -0.1) is 0 Å². The van der Waals surface area contributed by atoms with Crippen LogP contribution < -0.4 is 10.6 Å². The van der Waals surface area contributed by atoms with Gasteiger partial charge in [-0.05, 0) is 23.8 Å². The van der Waals surface area contributed by atoms with E-state index in [1.807, 2.05) is 4.90 Å². The molecule has 0 unspecified atom stereocenters. The van der Waals surface area contributed by atoms with Gasteiger partial charge in [-0.1, -0.05) is 13.8 Å². The van der Waals surface area contributed by atoms with Gasteiger partial charge >= 0.3 is 0 Å². The molecule has 1 aromatic heterocycles. The number of aromatic nitrogens is 1. The van der Waals surface area contributed by atoms with Crippen LogP contribution in [0.1, 0.15) is 30.6 Å². The van der Waals surface area contributed by atoms with Crippen molar-refractivity contribution >= 4 is 23.3 Å². The normalized spacial score (nSPS) is 29.2. The van der Waals surface area contributed by atoms with Crippen molar-refractivity contribution < 1.29 is 14.3 Å². The molecule has 0 spiro atoms. The maximum Gasteiger partial charge on any atom is 0.255 e. The number of nitrogens with zero attached hydrogens (tertiary/aromatic N) is 2. The van der Waals surface area contributed by atoms with Crippen LogP contribution in [-0.4, -0.2) is 55.0 Å². The molecule has 0 bridgehead atoms. The Morgan fingerprint density at radius 2 is 2.28 bits per heavy atom. The van der Waals surface area contributed by atoms with Gasteiger partial charge in [-0.3, -0.25) is 9.59 Å². The van der Waals surface area contributed by atoms with Gasteiger partial charge in [0.2, 0.25) is 5.91 Å². The Morgan fingerprint density at radius 1 is 1.48 bits per heavy atom. The summed E-state index contributed by atoms with van der Waals surface area (Å²) in [4.78, 5) is 30.7. The standard InChI is InChI=1S/C18H24N4O3/c1-17(2)8-18(10-25-3)9-22(7-13(17)18)16(24)11-4-12-15(19-5-11)20-6-14(23)21-12/h4-5,13H,6-10H2,1-3H3,(H,19,20)(H,21,23)/t13-,18-/m1/s1. The van der Waals surface area contributed by atoms with E-state index in [1.54, 1.807) is 19.4 Å². The number of carbonyl (C=O) groups is 2. The lowest BCUT2D eigenvalue weighted by molar-refractivity contribution is -0.114. The number of carbonyl (C=O) groups excluding carboxylic acids is 2. The molecular formula is C18H24N4O3. The largest absolute Gasteiger partial charge is 0.384 e. The van der Waals surface area contributed by atoms with Crippen molar-refractivity contribution in [3.05, 3.63) is 17.8 Å². The molecule has 1 saturated carbocycles. The third-order valence-electron chi connectivity index (χ3n) is 5.94. The molecule has 2 N–H and O–H groups in total. The molecule has 7 heteroatoms. The van der Waals surface area contributed by atoms with Gasteiger partial charge in [0.05, 0.1) is 24.4 Å². The van der Waals surface area contributed by atoms with E-state index in [-0.39, 0.29) is 29.2 Å². The zero-order valence-corrected chi connectivity index (χ0v) is 14.9. The number of likely N-dealkylation sites (tertiary alicyclic amines) is 1. The molecule has 3 aliphatic rings. The van der Waals surface area contributed by atoms with Gasteiger partial charge < -0.3 is 20.3 Å². The fourth-order valence-electron chi connectivity index (χ4n) is 5.12. The van der Waals surface area contributed by atoms with E-state index < -0.39 is 0 Å². The van der Waals surface area contributed by atoms with E-state index in [9.17, 15) is 9.59 Å². The number of anilines is 2. The van der Waals surface area contributed by atoms with Crippen LogP contribution in [-0.2, 0) is 9.53 Å². The average Bonchev–Trinajstić information content (AvgIpc) is 2.88. The first-order chi connectivity index (χ1) is 11.8. The van der Waals surface area contributed by atoms with Gasteiger partial charge in [0, 0.05) is 31.8 Å². The minimum Gasteiger partial charge on any atom is -0.384 e. The summed E-state index contributed by atoms with van der Waals surface area (Å²) in [7, 11) is 1.73. The second kappa shape index (κ2) is 5.42. The van der Waals surface area contributed by atoms with Crippen LogP contribution in [0.3, 0.4) is 0 Å². The third-order valence-corrected chi connectivity index (χ3v) is 5.94. The molecule has 4 rings (SSSR count). The van der Waals surface area contributed by atoms with Crippen molar-refractivity contribution in [2.75, 3.05) is 44.0 Å². The van der Waals surface area contributed by atoms with Gasteiger partial charge in [0.1, 0.15) is 5.82 Å². The summed E-state index contributed by atoms with van der Waals surface area (Å²) in [5.41, 5.74) is 1.39. The first-order valence-corrected chi connectivity index (χ1v) is 8.67. The molecule has 3 heterocycles. The second-order valence-corrected chi connectivity index (χ2v) is 8.22. The van der Waals surface area contributed by atoms with Crippen LogP contribution >= 0.6 is 0 Å². The summed E-state index contributed by atoms with van der Waals surface area (Å²) < 4.78 is 5.46. The SMILES string of the molecule is COC[C@@]12CN(C(=O)c3cnc4c(c3)NC(=O)CN4)C[C@@H]1C(C)(C)C2. The predicted molar refractivity (Wildman–Crippen MR) is 93.5 cm³/mol. The maximum absolute atomic E-state index is 13.0. The number of nitrogens with one attached hydrogen (secondary N) is 2. The minimum atomic E-state index is -0.126. The Kier molecular flexibility index (Phi) is 3.54. The molecule has 1 saturated heterocycles. The summed E-state index contributed by atoms with van der Waals surface area (Å²) in [6.45, 7) is 6.89. The van der Waals surface area contributed by atoms with E-state index >= 15 is 0 Å². The number of rotatable bonds is 3. The van der Waals surface area contributed by atoms with Crippen molar-refractivity contribution in [2.24, 2.45) is 16.7 Å². The lowest BCUT2D eigenvalue weighted by Crippen LogP contribution is -2.55. The van der Waals surface area contributed by atoms with Crippen molar-refractivity contribution in [1.29, 1.82) is 0 Å². The smallest absolute Gasteiger partial charge is 0.255 e. The average molecular weight is 344 g/mol. The first-order valence-electron chi connectivity index (χ1n) is 8.67. The maximum atomic E-state index is 13.0. The fourth-order valence-corrected chi connectivity index (χ4v) is 5.12. The molecule has 0 radical (unpaired) electrons. The number of methoxy groups -OCH3 is 1. The summed E-state index contributed by atoms with van der Waals surface area (Å²) in [5, 5.41) is 5.70. The summed E-state index contributed by atoms with van der Waals surface area (Å²) in [5.74, 6) is 0.903. The molecule has 134 valence electrons. The van der Waals surface area contributed by atoms with Crippen molar-refractivity contribution in [3.63, 3.8) is 0 Å². The van der Waals surface area contributed by atoms with Crippen LogP contribution in [0.2, 0.25) is 0 Å². The van der Waals surface area contributed by atoms with E-state index in [1.165, 1.54) is 0 Å². The molecular weight excluding hydrogens is 320 g/mol. The van der Waals surface area contributed by atoms with E-state index in [0.717, 1.165) is 19.5 Å². The number of pyridine rings is 1. The lowest BCUT2D eigenvalue weighted by Gasteiger charge is -2.56. The molecule has 1 aromatic rings. The van der Waals surface area contributed by atoms with Gasteiger partial charge in [0.15, 0.2) is 0 Å². The van der Waals surface area contributed by atoms with E-state index in [0.29, 0.717) is 29.6 Å². The van der Waals surface area contributed by atoms with Gasteiger partial charge in [0.25, 0.3) is 5.91 Å². The number of hydrogen-bond acceptors (Lipinski definition) is 5. The van der Waals surface area contributed by atoms with Crippen LogP contribution in [0.25, 0.3) is 0 Å². The number of hydrogen-bond donors (Lipinski definition) is 2. The molecule has 2 fully saturated rings. The van der Waals surface area contributed by atoms with Crippen LogP contribution in [0.5, 0.6) is 0 Å². The zero-order chi connectivity index (χ0) is 17.8. The highest BCUT2D eigenvalue weighted by atomic mass is 16.5. The number of amides is 2. The minimum absolute atomic E-state index is 0.0317. The number of ether oxygens (including phenoxy) is 1. The fraction of sp³-hybridized carbons (Fsp3) is 0.611. The van der Waals surface area contributed by atoms with Gasteiger partial charge in [-0.25, -0.2) is 4.98 Å². The van der Waals surface area contributed by atoms with E-state index in [2.05, 4.69) is 29.5 Å². The Hall–Kier alpha value is -2.15. The van der Waals surface area contributed by atoms with E-state index in [4.69, 9.17) is 4.74 Å². The van der Waals surface area contributed by atoms with Crippen LogP contribution in [0.4, 0.5) is 11.5 Å². The third kappa shape index (κ3) is 2.49. The Morgan fingerprint density at radius 3 is 3.00 bits per heavy atom. The summed E-state index contributed by atoms with van der Waals surface area (Å²) in [6, 6.07) is 1.71. The monoisotopic (exact) mass is 344 g/mol. The van der Waals surface area contributed by atoms with Crippen molar-refractivity contribution in [2.45, 2.75) is 20.3 Å². The Balaban J connectivity index is 1.56. The second-order valence-electron chi connectivity index (χ2n) is 8.22. The van der Waals surface area contributed by atoms with Crippen LogP contribution in [0, 0.1) is 16.7 Å². The highest BCUT2D eigenvalue weighted by Crippen LogP contribution is 2.62. The Bertz CT molecular complexity index is 748. The summed E-state index contributed by atoms with van der Waals surface area (Å²) in [6.07, 6.45) is 2.66. The zero-order valence-electron chi connectivity index (χ0n) is 14.9. The van der Waals surface area contributed by atoms with Crippen LogP contribution in [0.15, 0.2) is 12.3 Å². The quantitative estimate of drug-likeness (QED) is 0.870. The molecule has 0 aromatic carbocycles. The molecule has 2 aliphatic heterocycles. The topological polar surface area (TPSA) is 83.6 Å². The Labute approximate surface area is 147 Å². The van der Waals surface area contributed by atoms with Gasteiger partial charge in [-0.2, -0.15) is 0 Å². The number of fused-ring (bicyclic) bond motifs is 2. The lowest BCUT2D eigenvalue weighted by atomic mass is 9.48. The highest BCUT2D eigenvalue weighted by Gasteiger charge is 2.63. The molecule has 25 heavy (non-hydrogen) atoms. The predicted octanol–water partition coefficient (Wildman–Crippen LogP) is 1.58. The first kappa shape index (κ1) is 16.3. The highest BCUT2D eigenvalue weighted by molar-refractivity contribution is 6.02. The van der Waals surface area contributed by atoms with Crippen molar-refractivity contribution in [3.8, 4) is 0 Å².